The molecule has 12 rings (SSSR count). The molecule has 0 spiro atoms. The molecule has 8 aromatic carbocycles. The Morgan fingerprint density at radius 1 is 0.368 bits per heavy atom. The van der Waals surface area contributed by atoms with Gasteiger partial charge in [-0.05, 0) is 71.8 Å². The van der Waals surface area contributed by atoms with E-state index in [1.807, 2.05) is 48.5 Å². The lowest BCUT2D eigenvalue weighted by atomic mass is 10.0. The molecule has 5 heteroatoms. The lowest BCUT2D eigenvalue weighted by Gasteiger charge is -2.09. The molecule has 0 amide bonds. The van der Waals surface area contributed by atoms with Gasteiger partial charge in [-0.25, -0.2) is 9.97 Å². The Kier molecular flexibility index (Phi) is 6.86. The Hall–Kier alpha value is -7.76. The van der Waals surface area contributed by atoms with Crippen LogP contribution in [-0.4, -0.2) is 14.5 Å². The number of hydrogen-bond donors (Lipinski definition) is 0. The van der Waals surface area contributed by atoms with Crippen molar-refractivity contribution < 1.29 is 8.83 Å². The Bertz CT molecular complexity index is 3450. The summed E-state index contributed by atoms with van der Waals surface area (Å²) < 4.78 is 15.8. The maximum absolute atomic E-state index is 7.11. The number of fused-ring (bicyclic) bond motifs is 10. The van der Waals surface area contributed by atoms with E-state index in [9.17, 15) is 0 Å². The van der Waals surface area contributed by atoms with Gasteiger partial charge in [0, 0.05) is 49.3 Å². The second-order valence-corrected chi connectivity index (χ2v) is 14.5. The first-order valence-corrected chi connectivity index (χ1v) is 19.1. The van der Waals surface area contributed by atoms with Crippen molar-refractivity contribution in [1.82, 2.24) is 14.5 Å². The first kappa shape index (κ1) is 31.6. The smallest absolute Gasteiger partial charge is 0.160 e. The van der Waals surface area contributed by atoms with E-state index in [0.717, 1.165) is 111 Å². The zero-order chi connectivity index (χ0) is 37.5. The summed E-state index contributed by atoms with van der Waals surface area (Å²) in [6.07, 6.45) is 0. The van der Waals surface area contributed by atoms with Crippen molar-refractivity contribution in [2.75, 3.05) is 0 Å². The monoisotopic (exact) mass is 729 g/mol. The van der Waals surface area contributed by atoms with Crippen molar-refractivity contribution >= 4 is 65.7 Å². The molecule has 0 atom stereocenters. The molecule has 57 heavy (non-hydrogen) atoms. The summed E-state index contributed by atoms with van der Waals surface area (Å²) >= 11 is 0. The Morgan fingerprint density at radius 2 is 1.00 bits per heavy atom. The topological polar surface area (TPSA) is 57.0 Å². The predicted molar refractivity (Wildman–Crippen MR) is 233 cm³/mol. The van der Waals surface area contributed by atoms with Crippen LogP contribution >= 0.6 is 0 Å². The molecule has 4 heterocycles. The molecule has 0 aliphatic rings. The van der Waals surface area contributed by atoms with Gasteiger partial charge in [0.2, 0.25) is 0 Å². The van der Waals surface area contributed by atoms with Crippen LogP contribution in [0.1, 0.15) is 0 Å². The van der Waals surface area contributed by atoms with Gasteiger partial charge in [-0.1, -0.05) is 127 Å². The molecule has 0 fully saturated rings. The number of benzene rings is 8. The quantitative estimate of drug-likeness (QED) is 0.177. The number of para-hydroxylation sites is 3. The lowest BCUT2D eigenvalue weighted by Crippen LogP contribution is -1.96. The standard InChI is InChI=1S/C52H31N3O2/c1-4-13-32(14-5-1)43-31-44(54-52(53-43)33-15-6-2-7-16-33)41-21-12-20-39-40-27-28-45-49(51(40)57-50(39)41)42-26-24-34(29-46(42)55(45)36-17-8-3-9-18-36)35-23-25-38-37-19-10-11-22-47(37)56-48(38)30-35/h1-31H. The summed E-state index contributed by atoms with van der Waals surface area (Å²) in [6.45, 7) is 0. The molecule has 0 N–H and O–H groups in total. The highest BCUT2D eigenvalue weighted by Crippen LogP contribution is 2.44. The van der Waals surface area contributed by atoms with Gasteiger partial charge in [0.25, 0.3) is 0 Å². The highest BCUT2D eigenvalue weighted by atomic mass is 16.3. The number of furan rings is 2. The highest BCUT2D eigenvalue weighted by Gasteiger charge is 2.22. The molecule has 0 saturated heterocycles. The molecular weight excluding hydrogens is 699 g/mol. The van der Waals surface area contributed by atoms with Gasteiger partial charge in [0.05, 0.1) is 27.8 Å². The van der Waals surface area contributed by atoms with Crippen LogP contribution < -0.4 is 0 Å². The second-order valence-electron chi connectivity index (χ2n) is 14.5. The van der Waals surface area contributed by atoms with Crippen molar-refractivity contribution in [2.24, 2.45) is 0 Å². The van der Waals surface area contributed by atoms with E-state index < -0.39 is 0 Å². The maximum atomic E-state index is 7.11. The second kappa shape index (κ2) is 12.4. The van der Waals surface area contributed by atoms with Crippen molar-refractivity contribution in [2.45, 2.75) is 0 Å². The number of rotatable bonds is 5. The molecule has 0 bridgehead atoms. The van der Waals surface area contributed by atoms with E-state index in [4.69, 9.17) is 18.8 Å². The average Bonchev–Trinajstić information content (AvgIpc) is 3.96. The van der Waals surface area contributed by atoms with Crippen molar-refractivity contribution in [1.29, 1.82) is 0 Å². The Morgan fingerprint density at radius 3 is 1.82 bits per heavy atom. The minimum absolute atomic E-state index is 0.670. The summed E-state index contributed by atoms with van der Waals surface area (Å²) in [6, 6.07) is 65.4. The molecule has 0 aliphatic heterocycles. The van der Waals surface area contributed by atoms with Crippen LogP contribution in [0, 0.1) is 0 Å². The molecule has 4 aromatic heterocycles. The van der Waals surface area contributed by atoms with Crippen molar-refractivity contribution in [3.05, 3.63) is 188 Å². The molecule has 266 valence electrons. The highest BCUT2D eigenvalue weighted by molar-refractivity contribution is 6.25. The average molecular weight is 730 g/mol. The zero-order valence-corrected chi connectivity index (χ0v) is 30.6. The van der Waals surface area contributed by atoms with Crippen LogP contribution in [0.5, 0.6) is 0 Å². The van der Waals surface area contributed by atoms with Gasteiger partial charge in [-0.2, -0.15) is 0 Å². The molecule has 0 saturated carbocycles. The third-order valence-electron chi connectivity index (χ3n) is 11.2. The SMILES string of the molecule is c1ccc(-c2cc(-c3cccc4c3oc3c4ccc4c3c3ccc(-c5ccc6c(c5)oc5ccccc56)cc3n4-c3ccccc3)nc(-c3ccccc3)n2)cc1. The van der Waals surface area contributed by atoms with E-state index in [1.165, 1.54) is 0 Å². The molecular formula is C52H31N3O2. The van der Waals surface area contributed by atoms with E-state index in [1.54, 1.807) is 0 Å². The van der Waals surface area contributed by atoms with Gasteiger partial charge in [0.15, 0.2) is 5.82 Å². The number of aromatic nitrogens is 3. The van der Waals surface area contributed by atoms with Gasteiger partial charge < -0.3 is 13.4 Å². The largest absolute Gasteiger partial charge is 0.456 e. The summed E-state index contributed by atoms with van der Waals surface area (Å²) in [5, 5.41) is 6.55. The maximum Gasteiger partial charge on any atom is 0.160 e. The molecule has 0 aliphatic carbocycles. The third kappa shape index (κ3) is 4.96. The third-order valence-corrected chi connectivity index (χ3v) is 11.2. The van der Waals surface area contributed by atoms with Gasteiger partial charge in [-0.15, -0.1) is 0 Å². The van der Waals surface area contributed by atoms with Crippen LogP contribution in [0.25, 0.3) is 116 Å². The van der Waals surface area contributed by atoms with Crippen LogP contribution in [0.3, 0.4) is 0 Å². The fraction of sp³-hybridized carbons (Fsp3) is 0. The molecule has 0 radical (unpaired) electrons. The first-order chi connectivity index (χ1) is 28.2. The predicted octanol–water partition coefficient (Wildman–Crippen LogP) is 14.0. The Balaban J connectivity index is 1.09. The zero-order valence-electron chi connectivity index (χ0n) is 30.6. The van der Waals surface area contributed by atoms with E-state index in [0.29, 0.717) is 5.82 Å². The lowest BCUT2D eigenvalue weighted by molar-refractivity contribution is 0.669. The number of nitrogens with zero attached hydrogens (tertiary/aromatic N) is 3. The van der Waals surface area contributed by atoms with E-state index >= 15 is 0 Å². The van der Waals surface area contributed by atoms with Crippen LogP contribution in [0.15, 0.2) is 197 Å². The first-order valence-electron chi connectivity index (χ1n) is 19.1. The molecule has 12 aromatic rings. The fourth-order valence-corrected chi connectivity index (χ4v) is 8.56. The van der Waals surface area contributed by atoms with Crippen molar-refractivity contribution in [3.63, 3.8) is 0 Å². The number of hydrogen-bond acceptors (Lipinski definition) is 4. The van der Waals surface area contributed by atoms with Gasteiger partial charge >= 0.3 is 0 Å². The Labute approximate surface area is 326 Å². The van der Waals surface area contributed by atoms with Gasteiger partial charge in [0.1, 0.15) is 22.3 Å². The van der Waals surface area contributed by atoms with E-state index in [2.05, 4.69) is 144 Å². The summed E-state index contributed by atoms with van der Waals surface area (Å²) in [7, 11) is 0. The normalized spacial score (nSPS) is 11.9. The molecule has 5 nitrogen and oxygen atoms in total. The minimum atomic E-state index is 0.670. The summed E-state index contributed by atoms with van der Waals surface area (Å²) in [5.74, 6) is 0.670. The van der Waals surface area contributed by atoms with Crippen LogP contribution in [0.2, 0.25) is 0 Å². The van der Waals surface area contributed by atoms with Crippen molar-refractivity contribution in [3.8, 4) is 50.7 Å². The van der Waals surface area contributed by atoms with Crippen LogP contribution in [0.4, 0.5) is 0 Å². The van der Waals surface area contributed by atoms with Crippen LogP contribution in [-0.2, 0) is 0 Å². The minimum Gasteiger partial charge on any atom is -0.456 e. The summed E-state index contributed by atoms with van der Waals surface area (Å²) in [4.78, 5) is 10.2. The van der Waals surface area contributed by atoms with E-state index in [-0.39, 0.29) is 0 Å². The van der Waals surface area contributed by atoms with Gasteiger partial charge in [-0.3, -0.25) is 0 Å². The summed E-state index contributed by atoms with van der Waals surface area (Å²) in [5.41, 5.74) is 13.5. The molecule has 0 unspecified atom stereocenters. The fourth-order valence-electron chi connectivity index (χ4n) is 8.56.